The predicted octanol–water partition coefficient (Wildman–Crippen LogP) is 2.74. The van der Waals surface area contributed by atoms with Gasteiger partial charge in [0.1, 0.15) is 0 Å². The van der Waals surface area contributed by atoms with E-state index in [-0.39, 0.29) is 5.69 Å². The molecule has 0 N–H and O–H groups in total. The lowest BCUT2D eigenvalue weighted by Gasteiger charge is -2.02. The van der Waals surface area contributed by atoms with Crippen LogP contribution in [0, 0.1) is 10.1 Å². The summed E-state index contributed by atoms with van der Waals surface area (Å²) >= 11 is 5.48. The number of hydrogen-bond donors (Lipinski definition) is 0. The zero-order chi connectivity index (χ0) is 11.1. The molecule has 1 aromatic carbocycles. The summed E-state index contributed by atoms with van der Waals surface area (Å²) in [6.45, 7) is 0.963. The molecule has 0 aliphatic rings. The van der Waals surface area contributed by atoms with Crippen LogP contribution in [0.5, 0.6) is 0 Å². The molecule has 0 saturated carbocycles. The summed E-state index contributed by atoms with van der Waals surface area (Å²) in [4.78, 5) is 10.1. The van der Waals surface area contributed by atoms with Crippen LogP contribution in [0.1, 0.15) is 12.0 Å². The molecule has 5 heteroatoms. The summed E-state index contributed by atoms with van der Waals surface area (Å²) in [5.41, 5.74) is 0.896. The van der Waals surface area contributed by atoms with Crippen molar-refractivity contribution in [1.29, 1.82) is 0 Å². The molecule has 1 aromatic rings. The van der Waals surface area contributed by atoms with Crippen LogP contribution >= 0.6 is 11.6 Å². The molecule has 0 aromatic heterocycles. The Morgan fingerprint density at radius 1 is 1.47 bits per heavy atom. The highest BCUT2D eigenvalue weighted by molar-refractivity contribution is 6.17. The summed E-state index contributed by atoms with van der Waals surface area (Å²) in [6, 6.07) is 6.43. The Bertz CT molecular complexity index is 330. The monoisotopic (exact) mass is 229 g/mol. The number of non-ortho nitro benzene ring substituents is 1. The first-order chi connectivity index (χ1) is 7.24. The molecule has 0 spiro atoms. The first-order valence-electron chi connectivity index (χ1n) is 4.61. The lowest BCUT2D eigenvalue weighted by Crippen LogP contribution is -1.97. The Morgan fingerprint density at radius 2 is 2.27 bits per heavy atom. The Kier molecular flexibility index (Phi) is 5.07. The van der Waals surface area contributed by atoms with Crippen LogP contribution < -0.4 is 0 Å². The van der Waals surface area contributed by atoms with Gasteiger partial charge in [-0.25, -0.2) is 0 Å². The maximum absolute atomic E-state index is 10.5. The van der Waals surface area contributed by atoms with Gasteiger partial charge in [-0.05, 0) is 12.0 Å². The third kappa shape index (κ3) is 4.27. The minimum absolute atomic E-state index is 0.0912. The number of nitrogens with zero attached hydrogens (tertiary/aromatic N) is 1. The number of hydrogen-bond acceptors (Lipinski definition) is 3. The van der Waals surface area contributed by atoms with E-state index in [1.807, 2.05) is 0 Å². The highest BCUT2D eigenvalue weighted by atomic mass is 35.5. The van der Waals surface area contributed by atoms with Crippen molar-refractivity contribution >= 4 is 17.3 Å². The fourth-order valence-electron chi connectivity index (χ4n) is 1.11. The maximum Gasteiger partial charge on any atom is 0.269 e. The zero-order valence-corrected chi connectivity index (χ0v) is 8.94. The van der Waals surface area contributed by atoms with E-state index >= 15 is 0 Å². The normalized spacial score (nSPS) is 10.2. The molecule has 82 valence electrons. The molecule has 0 heterocycles. The molecule has 0 radical (unpaired) electrons. The van der Waals surface area contributed by atoms with Crippen molar-refractivity contribution < 1.29 is 9.66 Å². The quantitative estimate of drug-likeness (QED) is 0.326. The number of rotatable bonds is 6. The summed E-state index contributed by atoms with van der Waals surface area (Å²) in [6.07, 6.45) is 0.788. The number of halogens is 1. The molecule has 0 atom stereocenters. The minimum Gasteiger partial charge on any atom is -0.377 e. The summed E-state index contributed by atoms with van der Waals surface area (Å²) in [5.74, 6) is 0.564. The van der Waals surface area contributed by atoms with E-state index in [2.05, 4.69) is 0 Å². The van der Waals surface area contributed by atoms with Gasteiger partial charge in [-0.2, -0.15) is 0 Å². The van der Waals surface area contributed by atoms with Gasteiger partial charge in [0.25, 0.3) is 5.69 Å². The van der Waals surface area contributed by atoms with Gasteiger partial charge in [-0.15, -0.1) is 11.6 Å². The van der Waals surface area contributed by atoms with E-state index in [0.29, 0.717) is 19.1 Å². The van der Waals surface area contributed by atoms with Gasteiger partial charge < -0.3 is 4.74 Å². The van der Waals surface area contributed by atoms with Crippen LogP contribution in [0.3, 0.4) is 0 Å². The molecule has 0 bridgehead atoms. The van der Waals surface area contributed by atoms with Crippen molar-refractivity contribution in [2.75, 3.05) is 12.5 Å². The fourth-order valence-corrected chi connectivity index (χ4v) is 1.22. The second-order valence-electron chi connectivity index (χ2n) is 3.02. The minimum atomic E-state index is -0.414. The first-order valence-corrected chi connectivity index (χ1v) is 5.14. The average molecular weight is 230 g/mol. The standard InChI is InChI=1S/C10H12ClNO3/c11-5-2-6-15-8-9-3-1-4-10(7-9)12(13)14/h1,3-4,7H,2,5-6,8H2. The molecule has 0 saturated heterocycles. The van der Waals surface area contributed by atoms with Crippen molar-refractivity contribution in [3.8, 4) is 0 Å². The molecule has 0 aliphatic heterocycles. The number of ether oxygens (including phenoxy) is 1. The maximum atomic E-state index is 10.5. The lowest BCUT2D eigenvalue weighted by atomic mass is 10.2. The summed E-state index contributed by atoms with van der Waals surface area (Å²) < 4.78 is 5.29. The SMILES string of the molecule is O=[N+]([O-])c1cccc(COCCCCl)c1. The van der Waals surface area contributed by atoms with Crippen LogP contribution in [-0.4, -0.2) is 17.4 Å². The smallest absolute Gasteiger partial charge is 0.269 e. The van der Waals surface area contributed by atoms with Crippen molar-refractivity contribution in [1.82, 2.24) is 0 Å². The van der Waals surface area contributed by atoms with E-state index in [4.69, 9.17) is 16.3 Å². The molecule has 15 heavy (non-hydrogen) atoms. The number of alkyl halides is 1. The Morgan fingerprint density at radius 3 is 2.93 bits per heavy atom. The van der Waals surface area contributed by atoms with Gasteiger partial charge in [-0.3, -0.25) is 10.1 Å². The Hall–Kier alpha value is -1.13. The third-order valence-corrected chi connectivity index (χ3v) is 2.08. The van der Waals surface area contributed by atoms with Gasteiger partial charge in [0.15, 0.2) is 0 Å². The van der Waals surface area contributed by atoms with E-state index in [1.165, 1.54) is 12.1 Å². The van der Waals surface area contributed by atoms with Crippen molar-refractivity contribution in [3.63, 3.8) is 0 Å². The number of benzene rings is 1. The van der Waals surface area contributed by atoms with Crippen LogP contribution in [0.25, 0.3) is 0 Å². The number of nitro groups is 1. The van der Waals surface area contributed by atoms with Gasteiger partial charge >= 0.3 is 0 Å². The van der Waals surface area contributed by atoms with Crippen LogP contribution in [-0.2, 0) is 11.3 Å². The zero-order valence-electron chi connectivity index (χ0n) is 8.19. The fraction of sp³-hybridized carbons (Fsp3) is 0.400. The number of nitro benzene ring substituents is 1. The van der Waals surface area contributed by atoms with E-state index in [9.17, 15) is 10.1 Å². The second-order valence-corrected chi connectivity index (χ2v) is 3.40. The summed E-state index contributed by atoms with van der Waals surface area (Å²) in [5, 5.41) is 10.5. The van der Waals surface area contributed by atoms with Crippen LogP contribution in [0.15, 0.2) is 24.3 Å². The second kappa shape index (κ2) is 6.37. The molecule has 4 nitrogen and oxygen atoms in total. The van der Waals surface area contributed by atoms with Gasteiger partial charge in [-0.1, -0.05) is 12.1 Å². The van der Waals surface area contributed by atoms with Crippen LogP contribution in [0.4, 0.5) is 5.69 Å². The van der Waals surface area contributed by atoms with E-state index in [0.717, 1.165) is 12.0 Å². The Labute approximate surface area is 93.0 Å². The third-order valence-electron chi connectivity index (χ3n) is 1.81. The molecule has 0 amide bonds. The first kappa shape index (κ1) is 11.9. The van der Waals surface area contributed by atoms with Crippen molar-refractivity contribution in [2.24, 2.45) is 0 Å². The molecular formula is C10H12ClNO3. The predicted molar refractivity (Wildman–Crippen MR) is 58.1 cm³/mol. The van der Waals surface area contributed by atoms with E-state index < -0.39 is 4.92 Å². The molecule has 0 unspecified atom stereocenters. The largest absolute Gasteiger partial charge is 0.377 e. The van der Waals surface area contributed by atoms with Crippen LogP contribution in [0.2, 0.25) is 0 Å². The lowest BCUT2D eigenvalue weighted by molar-refractivity contribution is -0.384. The molecule has 0 aliphatic carbocycles. The Balaban J connectivity index is 2.47. The highest BCUT2D eigenvalue weighted by Gasteiger charge is 2.04. The van der Waals surface area contributed by atoms with Crippen molar-refractivity contribution in [3.05, 3.63) is 39.9 Å². The highest BCUT2D eigenvalue weighted by Crippen LogP contribution is 2.13. The van der Waals surface area contributed by atoms with Gasteiger partial charge in [0, 0.05) is 24.6 Å². The topological polar surface area (TPSA) is 52.4 Å². The molecular weight excluding hydrogens is 218 g/mol. The molecule has 0 fully saturated rings. The van der Waals surface area contributed by atoms with Crippen molar-refractivity contribution in [2.45, 2.75) is 13.0 Å². The average Bonchev–Trinajstić information content (AvgIpc) is 2.25. The molecule has 1 rings (SSSR count). The van der Waals surface area contributed by atoms with Gasteiger partial charge in [0.2, 0.25) is 0 Å². The van der Waals surface area contributed by atoms with Gasteiger partial charge in [0.05, 0.1) is 11.5 Å². The summed E-state index contributed by atoms with van der Waals surface area (Å²) in [7, 11) is 0. The van der Waals surface area contributed by atoms with E-state index in [1.54, 1.807) is 12.1 Å².